The van der Waals surface area contributed by atoms with Gasteiger partial charge in [-0.25, -0.2) is 4.79 Å². The summed E-state index contributed by atoms with van der Waals surface area (Å²) in [5.74, 6) is -1.17. The van der Waals surface area contributed by atoms with Crippen LogP contribution in [-0.4, -0.2) is 23.1 Å². The van der Waals surface area contributed by atoms with Crippen LogP contribution in [0, 0.1) is 0 Å². The molecule has 1 aromatic rings. The van der Waals surface area contributed by atoms with Crippen LogP contribution >= 0.6 is 23.4 Å². The van der Waals surface area contributed by atoms with Crippen LogP contribution in [0.15, 0.2) is 35.7 Å². The summed E-state index contributed by atoms with van der Waals surface area (Å²) in [5.41, 5.74) is 1.19. The van der Waals surface area contributed by atoms with Crippen molar-refractivity contribution in [2.24, 2.45) is 0 Å². The van der Waals surface area contributed by atoms with Crippen LogP contribution in [0.5, 0.6) is 0 Å². The molecule has 0 amide bonds. The van der Waals surface area contributed by atoms with Crippen molar-refractivity contribution in [3.05, 3.63) is 41.3 Å². The molecule has 0 radical (unpaired) electrons. The summed E-state index contributed by atoms with van der Waals surface area (Å²) in [7, 11) is 1.21. The van der Waals surface area contributed by atoms with Gasteiger partial charge in [0.15, 0.2) is 0 Å². The highest BCUT2D eigenvalue weighted by molar-refractivity contribution is 8.07. The third kappa shape index (κ3) is 1.98. The molecule has 17 heavy (non-hydrogen) atoms. The second kappa shape index (κ2) is 4.55. The maximum absolute atomic E-state index is 12.1. The second-order valence-corrected chi connectivity index (χ2v) is 5.31. The molecule has 1 heterocycles. The van der Waals surface area contributed by atoms with Crippen LogP contribution in [0.1, 0.15) is 5.56 Å². The summed E-state index contributed by atoms with van der Waals surface area (Å²) in [6.07, 6.45) is 0. The molecular formula is C12H9ClO3S. The summed E-state index contributed by atoms with van der Waals surface area (Å²) >= 11 is 6.97. The van der Waals surface area contributed by atoms with Gasteiger partial charge in [0, 0.05) is 5.57 Å². The Morgan fingerprint density at radius 3 is 2.59 bits per heavy atom. The molecule has 1 atom stereocenters. The van der Waals surface area contributed by atoms with Crippen LogP contribution in [-0.2, 0) is 14.3 Å². The van der Waals surface area contributed by atoms with Crippen LogP contribution in [0.25, 0.3) is 5.57 Å². The van der Waals surface area contributed by atoms with Gasteiger partial charge in [-0.3, -0.25) is 4.79 Å². The average molecular weight is 269 g/mol. The van der Waals surface area contributed by atoms with Crippen molar-refractivity contribution in [2.45, 2.75) is 4.21 Å². The Morgan fingerprint density at radius 1 is 1.35 bits per heavy atom. The van der Waals surface area contributed by atoms with E-state index in [0.717, 1.165) is 17.3 Å². The maximum atomic E-state index is 12.1. The van der Waals surface area contributed by atoms with E-state index in [1.54, 1.807) is 17.5 Å². The van der Waals surface area contributed by atoms with Crippen LogP contribution < -0.4 is 0 Å². The molecule has 2 rings (SSSR count). The number of hydrogen-bond acceptors (Lipinski definition) is 4. The summed E-state index contributed by atoms with van der Waals surface area (Å²) in [5, 5.41) is 1.60. The average Bonchev–Trinajstić information content (AvgIpc) is 2.67. The zero-order valence-electron chi connectivity index (χ0n) is 8.98. The molecule has 0 aromatic heterocycles. The fourth-order valence-electron chi connectivity index (χ4n) is 1.51. The summed E-state index contributed by atoms with van der Waals surface area (Å²) in [4.78, 5) is 23.6. The van der Waals surface area contributed by atoms with Gasteiger partial charge in [0.1, 0.15) is 0 Å². The van der Waals surface area contributed by atoms with Gasteiger partial charge < -0.3 is 4.74 Å². The fraction of sp³-hybridized carbons (Fsp3) is 0.167. The molecule has 1 aliphatic rings. The predicted molar refractivity (Wildman–Crippen MR) is 67.6 cm³/mol. The molecule has 1 aromatic carbocycles. The van der Waals surface area contributed by atoms with Gasteiger partial charge in [-0.05, 0) is 11.0 Å². The van der Waals surface area contributed by atoms with Crippen molar-refractivity contribution in [2.75, 3.05) is 7.11 Å². The lowest BCUT2D eigenvalue weighted by Crippen LogP contribution is -2.36. The van der Waals surface area contributed by atoms with Crippen LogP contribution in [0.2, 0.25) is 0 Å². The lowest BCUT2D eigenvalue weighted by atomic mass is 10.0. The van der Waals surface area contributed by atoms with E-state index in [1.165, 1.54) is 7.11 Å². The molecule has 1 aliphatic heterocycles. The fourth-order valence-corrected chi connectivity index (χ4v) is 2.74. The summed E-state index contributed by atoms with van der Waals surface area (Å²) in [6, 6.07) is 9.08. The molecule has 0 saturated carbocycles. The molecule has 88 valence electrons. The Bertz CT molecular complexity index is 498. The van der Waals surface area contributed by atoms with Crippen molar-refractivity contribution in [3.8, 4) is 0 Å². The van der Waals surface area contributed by atoms with E-state index in [9.17, 15) is 9.59 Å². The zero-order chi connectivity index (χ0) is 12.5. The van der Waals surface area contributed by atoms with E-state index in [4.69, 9.17) is 11.6 Å². The van der Waals surface area contributed by atoms with Gasteiger partial charge in [0.2, 0.25) is 5.78 Å². The Hall–Kier alpha value is -1.26. The largest absolute Gasteiger partial charge is 0.467 e. The Kier molecular flexibility index (Phi) is 3.26. The van der Waals surface area contributed by atoms with Gasteiger partial charge in [-0.2, -0.15) is 0 Å². The minimum atomic E-state index is -1.67. The highest BCUT2D eigenvalue weighted by Crippen LogP contribution is 2.45. The normalized spacial score (nSPS) is 23.4. The quantitative estimate of drug-likeness (QED) is 0.469. The zero-order valence-corrected chi connectivity index (χ0v) is 10.5. The molecule has 0 N–H and O–H groups in total. The Morgan fingerprint density at radius 2 is 2.00 bits per heavy atom. The molecular weight excluding hydrogens is 260 g/mol. The number of benzene rings is 1. The first-order chi connectivity index (χ1) is 8.09. The third-order valence-electron chi connectivity index (χ3n) is 2.41. The van der Waals surface area contributed by atoms with E-state index in [1.807, 2.05) is 18.2 Å². The number of rotatable bonds is 2. The number of methoxy groups -OCH3 is 1. The van der Waals surface area contributed by atoms with Gasteiger partial charge in [0.05, 0.1) is 7.11 Å². The SMILES string of the molecule is COC(=O)C1(Cl)SC=C(c2ccccc2)C1=O. The topological polar surface area (TPSA) is 43.4 Å². The minimum absolute atomic E-state index is 0.429. The monoisotopic (exact) mass is 268 g/mol. The maximum Gasteiger partial charge on any atom is 0.345 e. The first kappa shape index (κ1) is 12.2. The van der Waals surface area contributed by atoms with Crippen molar-refractivity contribution in [1.29, 1.82) is 0 Å². The van der Waals surface area contributed by atoms with Gasteiger partial charge in [0.25, 0.3) is 4.21 Å². The first-order valence-corrected chi connectivity index (χ1v) is 6.11. The number of hydrogen-bond donors (Lipinski definition) is 0. The molecule has 5 heteroatoms. The van der Waals surface area contributed by atoms with E-state index in [-0.39, 0.29) is 0 Å². The van der Waals surface area contributed by atoms with Gasteiger partial charge in [-0.1, -0.05) is 53.7 Å². The number of halogens is 1. The number of alkyl halides is 1. The molecule has 0 bridgehead atoms. The molecule has 0 saturated heterocycles. The highest BCUT2D eigenvalue weighted by Gasteiger charge is 2.50. The number of allylic oxidation sites excluding steroid dienone is 1. The standard InChI is InChI=1S/C12H9ClO3S/c1-16-11(15)12(13)10(14)9(7-17-12)8-5-3-2-4-6-8/h2-7H,1H3. The van der Waals surface area contributed by atoms with Gasteiger partial charge >= 0.3 is 5.97 Å². The first-order valence-electron chi connectivity index (χ1n) is 4.85. The van der Waals surface area contributed by atoms with E-state index < -0.39 is 16.0 Å². The number of carbonyl (C=O) groups is 2. The number of ketones is 1. The van der Waals surface area contributed by atoms with Crippen LogP contribution in [0.4, 0.5) is 0 Å². The summed E-state index contributed by atoms with van der Waals surface area (Å²) < 4.78 is 2.88. The van der Waals surface area contributed by atoms with Crippen molar-refractivity contribution < 1.29 is 14.3 Å². The second-order valence-electron chi connectivity index (χ2n) is 3.43. The number of Topliss-reactive ketones (excluding diaryl/α,β-unsaturated/α-hetero) is 1. The van der Waals surface area contributed by atoms with Gasteiger partial charge in [-0.15, -0.1) is 0 Å². The number of esters is 1. The summed E-state index contributed by atoms with van der Waals surface area (Å²) in [6.45, 7) is 0. The molecule has 3 nitrogen and oxygen atoms in total. The lowest BCUT2D eigenvalue weighted by molar-refractivity contribution is -0.143. The predicted octanol–water partition coefficient (Wildman–Crippen LogP) is 2.45. The van der Waals surface area contributed by atoms with Crippen molar-refractivity contribution in [3.63, 3.8) is 0 Å². The number of ether oxygens (including phenoxy) is 1. The number of thioether (sulfide) groups is 1. The minimum Gasteiger partial charge on any atom is -0.467 e. The Labute approximate surface area is 108 Å². The van der Waals surface area contributed by atoms with Crippen molar-refractivity contribution >= 4 is 40.7 Å². The highest BCUT2D eigenvalue weighted by atomic mass is 35.5. The molecule has 0 spiro atoms. The van der Waals surface area contributed by atoms with E-state index in [0.29, 0.717) is 5.57 Å². The Balaban J connectivity index is 2.32. The van der Waals surface area contributed by atoms with Crippen LogP contribution in [0.3, 0.4) is 0 Å². The van der Waals surface area contributed by atoms with E-state index >= 15 is 0 Å². The molecule has 0 fully saturated rings. The van der Waals surface area contributed by atoms with E-state index in [2.05, 4.69) is 4.74 Å². The van der Waals surface area contributed by atoms with Crippen molar-refractivity contribution in [1.82, 2.24) is 0 Å². The molecule has 0 aliphatic carbocycles. The lowest BCUT2D eigenvalue weighted by Gasteiger charge is -2.15. The number of carbonyl (C=O) groups excluding carboxylic acids is 2. The third-order valence-corrected chi connectivity index (χ3v) is 4.03. The smallest absolute Gasteiger partial charge is 0.345 e. The molecule has 1 unspecified atom stereocenters.